The lowest BCUT2D eigenvalue weighted by Crippen LogP contribution is -2.50. The van der Waals surface area contributed by atoms with E-state index in [1.54, 1.807) is 4.90 Å². The Morgan fingerprint density at radius 2 is 1.95 bits per heavy atom. The van der Waals surface area contributed by atoms with Crippen LogP contribution in [0.4, 0.5) is 4.79 Å². The monoisotopic (exact) mass is 261 g/mol. The average Bonchev–Trinajstić information content (AvgIpc) is 2.43. The zero-order chi connectivity index (χ0) is 13.8. The Morgan fingerprint density at radius 1 is 1.26 bits per heavy atom. The molecule has 0 aromatic heterocycles. The van der Waals surface area contributed by atoms with E-state index in [1.165, 1.54) is 16.7 Å². The van der Waals surface area contributed by atoms with E-state index in [4.69, 9.17) is 0 Å². The van der Waals surface area contributed by atoms with Gasteiger partial charge >= 0.3 is 6.03 Å². The van der Waals surface area contributed by atoms with Gasteiger partial charge in [0.25, 0.3) is 0 Å². The van der Waals surface area contributed by atoms with E-state index in [1.807, 2.05) is 11.9 Å². The normalized spacial score (nSPS) is 15.4. The van der Waals surface area contributed by atoms with Crippen molar-refractivity contribution >= 4 is 6.03 Å². The lowest BCUT2D eigenvalue weighted by molar-refractivity contribution is 0.154. The number of hydrogen-bond acceptors (Lipinski definition) is 2. The number of carbonyl (C=O) groups is 1. The number of rotatable bonds is 2. The average molecular weight is 261 g/mol. The summed E-state index contributed by atoms with van der Waals surface area (Å²) in [6.45, 7) is 8.27. The molecule has 0 radical (unpaired) electrons. The Kier molecular flexibility index (Phi) is 4.43. The molecule has 1 saturated heterocycles. The fourth-order valence-electron chi connectivity index (χ4n) is 2.34. The molecule has 2 amide bonds. The second kappa shape index (κ2) is 6.06. The van der Waals surface area contributed by atoms with Crippen LogP contribution in [0.2, 0.25) is 0 Å². The predicted octanol–water partition coefficient (Wildman–Crippen LogP) is 1.76. The number of piperazine rings is 1. The molecule has 1 aliphatic rings. The van der Waals surface area contributed by atoms with Crippen LogP contribution >= 0.6 is 0 Å². The van der Waals surface area contributed by atoms with E-state index in [2.05, 4.69) is 37.4 Å². The highest BCUT2D eigenvalue weighted by Gasteiger charge is 2.19. The van der Waals surface area contributed by atoms with Crippen molar-refractivity contribution in [2.45, 2.75) is 20.4 Å². The van der Waals surface area contributed by atoms with Crippen molar-refractivity contribution < 1.29 is 4.79 Å². The predicted molar refractivity (Wildman–Crippen MR) is 77.2 cm³/mol. The van der Waals surface area contributed by atoms with Gasteiger partial charge in [0.2, 0.25) is 0 Å². The van der Waals surface area contributed by atoms with E-state index in [9.17, 15) is 4.79 Å². The lowest BCUT2D eigenvalue weighted by atomic mass is 10.1. The molecule has 0 unspecified atom stereocenters. The maximum atomic E-state index is 12.3. The second-order valence-electron chi connectivity index (χ2n) is 5.29. The summed E-state index contributed by atoms with van der Waals surface area (Å²) in [7, 11) is 1.87. The third-order valence-corrected chi connectivity index (χ3v) is 3.71. The van der Waals surface area contributed by atoms with Crippen LogP contribution < -0.4 is 5.32 Å². The second-order valence-corrected chi connectivity index (χ2v) is 5.29. The first-order valence-corrected chi connectivity index (χ1v) is 6.85. The van der Waals surface area contributed by atoms with Gasteiger partial charge in [0, 0.05) is 39.8 Å². The summed E-state index contributed by atoms with van der Waals surface area (Å²) >= 11 is 0. The third kappa shape index (κ3) is 3.47. The Bertz CT molecular complexity index is 453. The molecular weight excluding hydrogens is 238 g/mol. The number of carbonyl (C=O) groups excluding carboxylic acids is 1. The first-order valence-electron chi connectivity index (χ1n) is 6.85. The first kappa shape index (κ1) is 13.9. The van der Waals surface area contributed by atoms with Crippen molar-refractivity contribution in [1.29, 1.82) is 0 Å². The minimum Gasteiger partial charge on any atom is -0.323 e. The summed E-state index contributed by atoms with van der Waals surface area (Å²) < 4.78 is 0. The van der Waals surface area contributed by atoms with Gasteiger partial charge in [0.1, 0.15) is 0 Å². The number of benzene rings is 1. The number of aryl methyl sites for hydroxylation is 2. The minimum absolute atomic E-state index is 0.125. The molecule has 0 bridgehead atoms. The van der Waals surface area contributed by atoms with Gasteiger partial charge in [-0.1, -0.05) is 18.2 Å². The van der Waals surface area contributed by atoms with Crippen molar-refractivity contribution in [3.63, 3.8) is 0 Å². The lowest BCUT2D eigenvalue weighted by Gasteiger charge is -2.31. The third-order valence-electron chi connectivity index (χ3n) is 3.71. The van der Waals surface area contributed by atoms with Gasteiger partial charge in [-0.3, -0.25) is 0 Å². The van der Waals surface area contributed by atoms with Crippen LogP contribution in [-0.2, 0) is 6.54 Å². The molecule has 19 heavy (non-hydrogen) atoms. The smallest absolute Gasteiger partial charge is 0.320 e. The Morgan fingerprint density at radius 3 is 2.58 bits per heavy atom. The number of amides is 2. The number of hydrogen-bond donors (Lipinski definition) is 1. The van der Waals surface area contributed by atoms with Gasteiger partial charge in [0.05, 0.1) is 0 Å². The van der Waals surface area contributed by atoms with Gasteiger partial charge < -0.3 is 15.1 Å². The fourth-order valence-corrected chi connectivity index (χ4v) is 2.34. The molecule has 1 aromatic carbocycles. The van der Waals surface area contributed by atoms with E-state index >= 15 is 0 Å². The van der Waals surface area contributed by atoms with Gasteiger partial charge in [0.15, 0.2) is 0 Å². The molecule has 4 heteroatoms. The van der Waals surface area contributed by atoms with Gasteiger partial charge in [-0.05, 0) is 30.5 Å². The standard InChI is InChI=1S/C15H23N3O/c1-12-4-5-14(10-13(12)2)11-17(3)15(19)18-8-6-16-7-9-18/h4-5,10,16H,6-9,11H2,1-3H3. The summed E-state index contributed by atoms with van der Waals surface area (Å²) in [5.74, 6) is 0. The summed E-state index contributed by atoms with van der Waals surface area (Å²) in [5.41, 5.74) is 3.76. The largest absolute Gasteiger partial charge is 0.323 e. The van der Waals surface area contributed by atoms with Crippen LogP contribution in [0, 0.1) is 13.8 Å². The SMILES string of the molecule is Cc1ccc(CN(C)C(=O)N2CCNCC2)cc1C. The van der Waals surface area contributed by atoms with Crippen LogP contribution in [-0.4, -0.2) is 49.1 Å². The molecule has 0 spiro atoms. The summed E-state index contributed by atoms with van der Waals surface area (Å²) in [4.78, 5) is 16.0. The number of nitrogens with zero attached hydrogens (tertiary/aromatic N) is 2. The van der Waals surface area contributed by atoms with Crippen molar-refractivity contribution in [3.05, 3.63) is 34.9 Å². The van der Waals surface area contributed by atoms with Crippen molar-refractivity contribution in [1.82, 2.24) is 15.1 Å². The van der Waals surface area contributed by atoms with E-state index < -0.39 is 0 Å². The zero-order valence-electron chi connectivity index (χ0n) is 12.1. The molecule has 1 aromatic rings. The highest BCUT2D eigenvalue weighted by atomic mass is 16.2. The molecule has 104 valence electrons. The highest BCUT2D eigenvalue weighted by Crippen LogP contribution is 2.12. The van der Waals surface area contributed by atoms with Crippen molar-refractivity contribution in [3.8, 4) is 0 Å². The zero-order valence-corrected chi connectivity index (χ0v) is 12.1. The molecule has 4 nitrogen and oxygen atoms in total. The maximum Gasteiger partial charge on any atom is 0.320 e. The molecule has 1 aliphatic heterocycles. The van der Waals surface area contributed by atoms with E-state index in [0.717, 1.165) is 26.2 Å². The van der Waals surface area contributed by atoms with Gasteiger partial charge in [-0.25, -0.2) is 4.79 Å². The number of urea groups is 1. The van der Waals surface area contributed by atoms with E-state index in [0.29, 0.717) is 6.54 Å². The Balaban J connectivity index is 1.97. The van der Waals surface area contributed by atoms with Crippen molar-refractivity contribution in [2.24, 2.45) is 0 Å². The summed E-state index contributed by atoms with van der Waals surface area (Å²) in [5, 5.41) is 3.26. The van der Waals surface area contributed by atoms with Crippen LogP contribution in [0.5, 0.6) is 0 Å². The van der Waals surface area contributed by atoms with Gasteiger partial charge in [-0.15, -0.1) is 0 Å². The molecule has 0 aliphatic carbocycles. The molecule has 1 N–H and O–H groups in total. The fraction of sp³-hybridized carbons (Fsp3) is 0.533. The van der Waals surface area contributed by atoms with Crippen LogP contribution in [0.15, 0.2) is 18.2 Å². The quantitative estimate of drug-likeness (QED) is 0.880. The summed E-state index contributed by atoms with van der Waals surface area (Å²) in [6, 6.07) is 6.51. The summed E-state index contributed by atoms with van der Waals surface area (Å²) in [6.07, 6.45) is 0. The van der Waals surface area contributed by atoms with Crippen LogP contribution in [0.3, 0.4) is 0 Å². The molecular formula is C15H23N3O. The first-order chi connectivity index (χ1) is 9.08. The van der Waals surface area contributed by atoms with Crippen LogP contribution in [0.25, 0.3) is 0 Å². The molecule has 1 heterocycles. The van der Waals surface area contributed by atoms with Crippen LogP contribution in [0.1, 0.15) is 16.7 Å². The molecule has 1 fully saturated rings. The highest BCUT2D eigenvalue weighted by molar-refractivity contribution is 5.74. The molecule has 0 atom stereocenters. The topological polar surface area (TPSA) is 35.6 Å². The number of nitrogens with one attached hydrogen (secondary N) is 1. The molecule has 2 rings (SSSR count). The minimum atomic E-state index is 0.125. The Labute approximate surface area is 115 Å². The van der Waals surface area contributed by atoms with Gasteiger partial charge in [-0.2, -0.15) is 0 Å². The maximum absolute atomic E-state index is 12.3. The Hall–Kier alpha value is -1.55. The van der Waals surface area contributed by atoms with Crippen molar-refractivity contribution in [2.75, 3.05) is 33.2 Å². The van der Waals surface area contributed by atoms with E-state index in [-0.39, 0.29) is 6.03 Å². The molecule has 0 saturated carbocycles.